The summed E-state index contributed by atoms with van der Waals surface area (Å²) in [5.74, 6) is 0.174. The van der Waals surface area contributed by atoms with Crippen LogP contribution in [0.2, 0.25) is 0 Å². The topological polar surface area (TPSA) is 50.4 Å². The molecule has 4 nitrogen and oxygen atoms in total. The molecule has 2 fully saturated rings. The minimum Gasteiger partial charge on any atom is -0.376 e. The summed E-state index contributed by atoms with van der Waals surface area (Å²) in [6, 6.07) is 0.128. The van der Waals surface area contributed by atoms with E-state index >= 15 is 0 Å². The Morgan fingerprint density at radius 1 is 1.53 bits per heavy atom. The summed E-state index contributed by atoms with van der Waals surface area (Å²) in [5, 5.41) is 6.44. The summed E-state index contributed by atoms with van der Waals surface area (Å²) < 4.78 is 5.61. The molecule has 2 rings (SSSR count). The third-order valence-corrected chi connectivity index (χ3v) is 4.03. The van der Waals surface area contributed by atoms with Gasteiger partial charge < -0.3 is 15.4 Å². The lowest BCUT2D eigenvalue weighted by Crippen LogP contribution is -2.52. The largest absolute Gasteiger partial charge is 0.376 e. The molecule has 0 aliphatic carbocycles. The van der Waals surface area contributed by atoms with Crippen LogP contribution in [0, 0.1) is 5.41 Å². The van der Waals surface area contributed by atoms with Gasteiger partial charge in [-0.1, -0.05) is 0 Å². The zero-order chi connectivity index (χ0) is 12.3. The summed E-state index contributed by atoms with van der Waals surface area (Å²) in [4.78, 5) is 12.3. The molecule has 3 atom stereocenters. The number of piperidine rings is 1. The van der Waals surface area contributed by atoms with Gasteiger partial charge in [0.25, 0.3) is 0 Å². The number of carbonyl (C=O) groups excluding carboxylic acids is 1. The van der Waals surface area contributed by atoms with Crippen LogP contribution in [0.3, 0.4) is 0 Å². The number of nitrogens with one attached hydrogen (secondary N) is 2. The molecule has 2 N–H and O–H groups in total. The molecule has 3 unspecified atom stereocenters. The van der Waals surface area contributed by atoms with Gasteiger partial charge in [-0.3, -0.25) is 4.79 Å². The third kappa shape index (κ3) is 2.99. The standard InChI is InChI=1S/C13H24N2O2/c1-10(11-5-3-8-17-11)15-12(16)13(2)6-4-7-14-9-13/h10-11,14H,3-9H2,1-2H3,(H,15,16). The molecule has 17 heavy (non-hydrogen) atoms. The van der Waals surface area contributed by atoms with E-state index in [-0.39, 0.29) is 23.5 Å². The third-order valence-electron chi connectivity index (χ3n) is 4.03. The lowest BCUT2D eigenvalue weighted by atomic mass is 9.81. The second-order valence-electron chi connectivity index (χ2n) is 5.65. The van der Waals surface area contributed by atoms with Crippen molar-refractivity contribution in [2.45, 2.75) is 51.7 Å². The average Bonchev–Trinajstić information content (AvgIpc) is 2.83. The molecular weight excluding hydrogens is 216 g/mol. The molecule has 2 saturated heterocycles. The van der Waals surface area contributed by atoms with Crippen LogP contribution in [-0.4, -0.2) is 37.7 Å². The highest BCUT2D eigenvalue weighted by Gasteiger charge is 2.36. The van der Waals surface area contributed by atoms with Crippen molar-refractivity contribution < 1.29 is 9.53 Å². The fraction of sp³-hybridized carbons (Fsp3) is 0.923. The quantitative estimate of drug-likeness (QED) is 0.775. The Labute approximate surface area is 103 Å². The van der Waals surface area contributed by atoms with Crippen LogP contribution in [0.25, 0.3) is 0 Å². The van der Waals surface area contributed by atoms with Gasteiger partial charge in [0, 0.05) is 13.2 Å². The lowest BCUT2D eigenvalue weighted by Gasteiger charge is -2.34. The molecule has 98 valence electrons. The van der Waals surface area contributed by atoms with E-state index in [1.165, 1.54) is 0 Å². The highest BCUT2D eigenvalue weighted by Crippen LogP contribution is 2.26. The Bertz CT molecular complexity index is 269. The molecule has 0 aromatic rings. The van der Waals surface area contributed by atoms with Crippen LogP contribution in [0.15, 0.2) is 0 Å². The minimum atomic E-state index is -0.245. The number of carbonyl (C=O) groups is 1. The molecule has 0 bridgehead atoms. The van der Waals surface area contributed by atoms with E-state index in [0.717, 1.165) is 45.4 Å². The van der Waals surface area contributed by atoms with Crippen molar-refractivity contribution in [2.24, 2.45) is 5.41 Å². The Hall–Kier alpha value is -0.610. The van der Waals surface area contributed by atoms with Crippen molar-refractivity contribution in [1.29, 1.82) is 0 Å². The highest BCUT2D eigenvalue weighted by atomic mass is 16.5. The Morgan fingerprint density at radius 2 is 2.35 bits per heavy atom. The first-order valence-corrected chi connectivity index (χ1v) is 6.75. The van der Waals surface area contributed by atoms with Gasteiger partial charge in [-0.15, -0.1) is 0 Å². The van der Waals surface area contributed by atoms with Crippen LogP contribution >= 0.6 is 0 Å². The van der Waals surface area contributed by atoms with E-state index in [0.29, 0.717) is 0 Å². The summed E-state index contributed by atoms with van der Waals surface area (Å²) in [5.41, 5.74) is -0.245. The van der Waals surface area contributed by atoms with Crippen molar-refractivity contribution in [3.05, 3.63) is 0 Å². The Balaban J connectivity index is 1.86. The van der Waals surface area contributed by atoms with Crippen molar-refractivity contribution >= 4 is 5.91 Å². The zero-order valence-corrected chi connectivity index (χ0v) is 10.9. The fourth-order valence-electron chi connectivity index (χ4n) is 2.72. The van der Waals surface area contributed by atoms with Crippen molar-refractivity contribution in [3.8, 4) is 0 Å². The van der Waals surface area contributed by atoms with Gasteiger partial charge in [-0.05, 0) is 46.1 Å². The van der Waals surface area contributed by atoms with Gasteiger partial charge in [-0.2, -0.15) is 0 Å². The first kappa shape index (κ1) is 12.8. The molecular formula is C13H24N2O2. The first-order chi connectivity index (χ1) is 8.12. The van der Waals surface area contributed by atoms with E-state index in [2.05, 4.69) is 17.6 Å². The summed E-state index contributed by atoms with van der Waals surface area (Å²) >= 11 is 0. The van der Waals surface area contributed by atoms with Gasteiger partial charge in [0.2, 0.25) is 5.91 Å². The highest BCUT2D eigenvalue weighted by molar-refractivity contribution is 5.82. The molecule has 2 heterocycles. The van der Waals surface area contributed by atoms with Crippen LogP contribution in [-0.2, 0) is 9.53 Å². The van der Waals surface area contributed by atoms with Gasteiger partial charge >= 0.3 is 0 Å². The molecule has 0 saturated carbocycles. The summed E-state index contributed by atoms with van der Waals surface area (Å²) in [6.07, 6.45) is 4.45. The van der Waals surface area contributed by atoms with E-state index < -0.39 is 0 Å². The number of hydrogen-bond donors (Lipinski definition) is 2. The summed E-state index contributed by atoms with van der Waals surface area (Å²) in [6.45, 7) is 6.76. The van der Waals surface area contributed by atoms with Crippen molar-refractivity contribution in [2.75, 3.05) is 19.7 Å². The Morgan fingerprint density at radius 3 is 2.94 bits per heavy atom. The van der Waals surface area contributed by atoms with Crippen LogP contribution in [0.5, 0.6) is 0 Å². The second-order valence-corrected chi connectivity index (χ2v) is 5.65. The van der Waals surface area contributed by atoms with E-state index in [9.17, 15) is 4.79 Å². The second kappa shape index (κ2) is 5.36. The van der Waals surface area contributed by atoms with Crippen LogP contribution < -0.4 is 10.6 Å². The molecule has 0 spiro atoms. The number of amides is 1. The maximum absolute atomic E-state index is 12.3. The molecule has 0 aromatic carbocycles. The maximum atomic E-state index is 12.3. The molecule has 1 amide bonds. The first-order valence-electron chi connectivity index (χ1n) is 6.75. The van der Waals surface area contributed by atoms with Crippen LogP contribution in [0.1, 0.15) is 39.5 Å². The predicted molar refractivity (Wildman–Crippen MR) is 66.8 cm³/mol. The van der Waals surface area contributed by atoms with E-state index in [4.69, 9.17) is 4.74 Å². The van der Waals surface area contributed by atoms with Gasteiger partial charge in [0.1, 0.15) is 0 Å². The zero-order valence-electron chi connectivity index (χ0n) is 10.9. The van der Waals surface area contributed by atoms with Gasteiger partial charge in [-0.25, -0.2) is 0 Å². The summed E-state index contributed by atoms with van der Waals surface area (Å²) in [7, 11) is 0. The van der Waals surface area contributed by atoms with Crippen molar-refractivity contribution in [1.82, 2.24) is 10.6 Å². The van der Waals surface area contributed by atoms with Gasteiger partial charge in [0.15, 0.2) is 0 Å². The fourth-order valence-corrected chi connectivity index (χ4v) is 2.72. The number of rotatable bonds is 3. The Kier molecular flexibility index (Phi) is 4.05. The average molecular weight is 240 g/mol. The van der Waals surface area contributed by atoms with Gasteiger partial charge in [0.05, 0.1) is 17.6 Å². The molecule has 2 aliphatic heterocycles. The molecule has 4 heteroatoms. The van der Waals surface area contributed by atoms with Crippen LogP contribution in [0.4, 0.5) is 0 Å². The molecule has 0 radical (unpaired) electrons. The smallest absolute Gasteiger partial charge is 0.227 e. The van der Waals surface area contributed by atoms with Crippen molar-refractivity contribution in [3.63, 3.8) is 0 Å². The minimum absolute atomic E-state index is 0.128. The van der Waals surface area contributed by atoms with E-state index in [1.54, 1.807) is 0 Å². The predicted octanol–water partition coefficient (Wildman–Crippen LogP) is 1.06. The maximum Gasteiger partial charge on any atom is 0.227 e. The molecule has 0 aromatic heterocycles. The SMILES string of the molecule is CC(NC(=O)C1(C)CCCNC1)C1CCCO1. The monoisotopic (exact) mass is 240 g/mol. The number of ether oxygens (including phenoxy) is 1. The number of hydrogen-bond acceptors (Lipinski definition) is 3. The molecule has 2 aliphatic rings. The van der Waals surface area contributed by atoms with E-state index in [1.807, 2.05) is 6.92 Å². The normalized spacial score (nSPS) is 35.5. The lowest BCUT2D eigenvalue weighted by molar-refractivity contribution is -0.132.